The summed E-state index contributed by atoms with van der Waals surface area (Å²) < 4.78 is 25.2. The van der Waals surface area contributed by atoms with E-state index in [1.807, 2.05) is 0 Å². The molecule has 0 heterocycles. The van der Waals surface area contributed by atoms with Crippen LogP contribution in [0.1, 0.15) is 17.3 Å². The lowest BCUT2D eigenvalue weighted by molar-refractivity contribution is 0.0698. The van der Waals surface area contributed by atoms with Crippen molar-refractivity contribution >= 4 is 27.4 Å². The van der Waals surface area contributed by atoms with Gasteiger partial charge in [0.1, 0.15) is 0 Å². The lowest BCUT2D eigenvalue weighted by Gasteiger charge is -2.12. The fraction of sp³-hybridized carbons (Fsp3) is 0.364. The highest BCUT2D eigenvalue weighted by molar-refractivity contribution is 7.89. The number of nitrogens with one attached hydrogen (secondary N) is 2. The average Bonchev–Trinajstić information content (AvgIpc) is 2.30. The SMILES string of the molecule is CCNS(=O)(=O)CCNc1c(N)cccc1C(=O)O. The van der Waals surface area contributed by atoms with Crippen LogP contribution in [0.15, 0.2) is 18.2 Å². The minimum absolute atomic E-state index is 0.0147. The number of rotatable bonds is 7. The monoisotopic (exact) mass is 287 g/mol. The van der Waals surface area contributed by atoms with Crippen LogP contribution in [-0.4, -0.2) is 38.3 Å². The van der Waals surface area contributed by atoms with Gasteiger partial charge >= 0.3 is 5.97 Å². The number of hydrogen-bond donors (Lipinski definition) is 4. The van der Waals surface area contributed by atoms with Crippen molar-refractivity contribution in [2.45, 2.75) is 6.92 Å². The summed E-state index contributed by atoms with van der Waals surface area (Å²) >= 11 is 0. The number of carboxylic acids is 1. The molecule has 0 amide bonds. The third kappa shape index (κ3) is 4.42. The molecule has 0 radical (unpaired) electrons. The van der Waals surface area contributed by atoms with Crippen LogP contribution in [0.2, 0.25) is 0 Å². The van der Waals surface area contributed by atoms with E-state index in [1.165, 1.54) is 12.1 Å². The smallest absolute Gasteiger partial charge is 0.337 e. The Bertz CT molecular complexity index is 557. The molecule has 106 valence electrons. The molecule has 1 rings (SSSR count). The van der Waals surface area contributed by atoms with Gasteiger partial charge in [0, 0.05) is 13.1 Å². The number of sulfonamides is 1. The molecular weight excluding hydrogens is 270 g/mol. The molecule has 0 saturated heterocycles. The van der Waals surface area contributed by atoms with Crippen molar-refractivity contribution in [3.8, 4) is 0 Å². The van der Waals surface area contributed by atoms with Gasteiger partial charge in [-0.15, -0.1) is 0 Å². The quantitative estimate of drug-likeness (QED) is 0.536. The van der Waals surface area contributed by atoms with Crippen LogP contribution in [0.5, 0.6) is 0 Å². The first-order valence-corrected chi connectivity index (χ1v) is 7.35. The molecule has 0 saturated carbocycles. The van der Waals surface area contributed by atoms with Crippen molar-refractivity contribution in [3.63, 3.8) is 0 Å². The van der Waals surface area contributed by atoms with Gasteiger partial charge in [0.05, 0.1) is 22.7 Å². The molecule has 0 fully saturated rings. The van der Waals surface area contributed by atoms with Crippen molar-refractivity contribution in [3.05, 3.63) is 23.8 Å². The van der Waals surface area contributed by atoms with E-state index in [1.54, 1.807) is 13.0 Å². The van der Waals surface area contributed by atoms with Gasteiger partial charge in [-0.05, 0) is 12.1 Å². The Labute approximate surface area is 111 Å². The van der Waals surface area contributed by atoms with Gasteiger partial charge in [-0.3, -0.25) is 0 Å². The Morgan fingerprint density at radius 3 is 2.68 bits per heavy atom. The molecule has 8 heteroatoms. The summed E-state index contributed by atoms with van der Waals surface area (Å²) in [6.45, 7) is 2.07. The Morgan fingerprint density at radius 2 is 2.11 bits per heavy atom. The summed E-state index contributed by atoms with van der Waals surface area (Å²) in [6.07, 6.45) is 0. The summed E-state index contributed by atoms with van der Waals surface area (Å²) in [5, 5.41) is 11.8. The number of anilines is 2. The van der Waals surface area contributed by atoms with E-state index in [0.717, 1.165) is 0 Å². The molecule has 7 nitrogen and oxygen atoms in total. The van der Waals surface area contributed by atoms with Crippen molar-refractivity contribution in [1.82, 2.24) is 4.72 Å². The van der Waals surface area contributed by atoms with Crippen LogP contribution < -0.4 is 15.8 Å². The number of nitrogens with two attached hydrogens (primary N) is 1. The third-order valence-corrected chi connectivity index (χ3v) is 3.83. The average molecular weight is 287 g/mol. The number of para-hydroxylation sites is 1. The van der Waals surface area contributed by atoms with Gasteiger partial charge in [-0.25, -0.2) is 17.9 Å². The first-order valence-electron chi connectivity index (χ1n) is 5.70. The molecule has 0 spiro atoms. The minimum Gasteiger partial charge on any atom is -0.478 e. The maximum absolute atomic E-state index is 11.4. The molecule has 0 atom stereocenters. The van der Waals surface area contributed by atoms with E-state index in [0.29, 0.717) is 6.54 Å². The van der Waals surface area contributed by atoms with E-state index < -0.39 is 16.0 Å². The lowest BCUT2D eigenvalue weighted by atomic mass is 10.1. The molecule has 0 aromatic heterocycles. The van der Waals surface area contributed by atoms with Crippen LogP contribution >= 0.6 is 0 Å². The lowest BCUT2D eigenvalue weighted by Crippen LogP contribution is -2.29. The maximum Gasteiger partial charge on any atom is 0.337 e. The van der Waals surface area contributed by atoms with Gasteiger partial charge in [-0.2, -0.15) is 0 Å². The number of carboxylic acid groups (broad SMARTS) is 1. The topological polar surface area (TPSA) is 122 Å². The molecule has 0 unspecified atom stereocenters. The van der Waals surface area contributed by atoms with E-state index in [-0.39, 0.29) is 29.2 Å². The second kappa shape index (κ2) is 6.39. The number of aromatic carboxylic acids is 1. The van der Waals surface area contributed by atoms with Gasteiger partial charge in [0.2, 0.25) is 10.0 Å². The van der Waals surface area contributed by atoms with E-state index in [9.17, 15) is 13.2 Å². The first-order chi connectivity index (χ1) is 8.87. The maximum atomic E-state index is 11.4. The van der Waals surface area contributed by atoms with Crippen LogP contribution in [0, 0.1) is 0 Å². The summed E-state index contributed by atoms with van der Waals surface area (Å²) in [5.74, 6) is -1.28. The Balaban J connectivity index is 2.76. The number of benzene rings is 1. The fourth-order valence-corrected chi connectivity index (χ4v) is 2.50. The summed E-state index contributed by atoms with van der Waals surface area (Å²) in [6, 6.07) is 4.48. The van der Waals surface area contributed by atoms with Crippen LogP contribution in [0.4, 0.5) is 11.4 Å². The summed E-state index contributed by atoms with van der Waals surface area (Å²) in [5.41, 5.74) is 6.19. The van der Waals surface area contributed by atoms with Crippen molar-refractivity contribution < 1.29 is 18.3 Å². The van der Waals surface area contributed by atoms with E-state index in [2.05, 4.69) is 10.0 Å². The Hall–Kier alpha value is -1.80. The van der Waals surface area contributed by atoms with Crippen LogP contribution in [0.25, 0.3) is 0 Å². The van der Waals surface area contributed by atoms with Crippen LogP contribution in [-0.2, 0) is 10.0 Å². The first kappa shape index (κ1) is 15.3. The highest BCUT2D eigenvalue weighted by Crippen LogP contribution is 2.23. The van der Waals surface area contributed by atoms with Crippen molar-refractivity contribution in [2.75, 3.05) is 29.9 Å². The van der Waals surface area contributed by atoms with E-state index in [4.69, 9.17) is 10.8 Å². The second-order valence-electron chi connectivity index (χ2n) is 3.82. The molecule has 19 heavy (non-hydrogen) atoms. The van der Waals surface area contributed by atoms with Crippen molar-refractivity contribution in [2.24, 2.45) is 0 Å². The van der Waals surface area contributed by atoms with Gasteiger partial charge < -0.3 is 16.2 Å². The zero-order valence-electron chi connectivity index (χ0n) is 10.5. The minimum atomic E-state index is -3.35. The molecule has 0 aliphatic carbocycles. The van der Waals surface area contributed by atoms with Gasteiger partial charge in [0.15, 0.2) is 0 Å². The zero-order valence-corrected chi connectivity index (χ0v) is 11.3. The summed E-state index contributed by atoms with van der Waals surface area (Å²) in [4.78, 5) is 11.0. The molecule has 0 bridgehead atoms. The second-order valence-corrected chi connectivity index (χ2v) is 5.74. The molecule has 0 aliphatic rings. The Morgan fingerprint density at radius 1 is 1.42 bits per heavy atom. The molecular formula is C11H17N3O4S. The highest BCUT2D eigenvalue weighted by Gasteiger charge is 2.13. The largest absolute Gasteiger partial charge is 0.478 e. The molecule has 1 aromatic rings. The van der Waals surface area contributed by atoms with Gasteiger partial charge in [-0.1, -0.05) is 13.0 Å². The predicted octanol–water partition coefficient (Wildman–Crippen LogP) is 0.318. The number of carbonyl (C=O) groups is 1. The standard InChI is InChI=1S/C11H17N3O4S/c1-2-14-19(17,18)7-6-13-10-8(11(15)16)4-3-5-9(10)12/h3-5,13-14H,2,6-7,12H2,1H3,(H,15,16). The zero-order chi connectivity index (χ0) is 14.5. The fourth-order valence-electron chi connectivity index (χ4n) is 1.55. The number of nitrogen functional groups attached to an aromatic ring is 1. The normalized spacial score (nSPS) is 11.2. The third-order valence-electron chi connectivity index (χ3n) is 2.36. The predicted molar refractivity (Wildman–Crippen MR) is 73.8 cm³/mol. The Kier molecular flexibility index (Phi) is 5.13. The summed E-state index contributed by atoms with van der Waals surface area (Å²) in [7, 11) is -3.35. The highest BCUT2D eigenvalue weighted by atomic mass is 32.2. The molecule has 1 aromatic carbocycles. The van der Waals surface area contributed by atoms with Crippen molar-refractivity contribution in [1.29, 1.82) is 0 Å². The van der Waals surface area contributed by atoms with E-state index >= 15 is 0 Å². The number of hydrogen-bond acceptors (Lipinski definition) is 5. The molecule has 0 aliphatic heterocycles. The van der Waals surface area contributed by atoms with Crippen LogP contribution in [0.3, 0.4) is 0 Å². The molecule has 5 N–H and O–H groups in total. The van der Waals surface area contributed by atoms with Gasteiger partial charge in [0.25, 0.3) is 0 Å².